The van der Waals surface area contributed by atoms with E-state index in [2.05, 4.69) is 27.8 Å². The number of nitrogens with zero attached hydrogens (tertiary/aromatic N) is 2. The quantitative estimate of drug-likeness (QED) is 0.288. The van der Waals surface area contributed by atoms with Crippen LogP contribution in [0.3, 0.4) is 0 Å². The molecule has 0 atom stereocenters. The lowest BCUT2D eigenvalue weighted by Gasteiger charge is -2.14. The topological polar surface area (TPSA) is 94.3 Å². The van der Waals surface area contributed by atoms with Gasteiger partial charge in [-0.3, -0.25) is 0 Å². The zero-order valence-electron chi connectivity index (χ0n) is 16.9. The number of nitrogens with two attached hydrogens (primary N) is 1. The number of aromatic carboxylic acids is 1. The molecule has 1 aliphatic heterocycles. The number of aromatic nitrogens is 2. The van der Waals surface area contributed by atoms with Crippen molar-refractivity contribution in [2.45, 2.75) is 32.7 Å². The molecule has 0 amide bonds. The van der Waals surface area contributed by atoms with Crippen molar-refractivity contribution in [1.82, 2.24) is 9.55 Å². The van der Waals surface area contributed by atoms with E-state index < -0.39 is 5.97 Å². The van der Waals surface area contributed by atoms with Crippen molar-refractivity contribution in [3.8, 4) is 22.3 Å². The summed E-state index contributed by atoms with van der Waals surface area (Å²) in [5, 5.41) is 9.83. The Bertz CT molecular complexity index is 1230. The van der Waals surface area contributed by atoms with E-state index in [1.54, 1.807) is 17.1 Å². The summed E-state index contributed by atoms with van der Waals surface area (Å²) in [4.78, 5) is 16.4. The number of anilines is 1. The summed E-state index contributed by atoms with van der Waals surface area (Å²) < 4.78 is 7.95. The van der Waals surface area contributed by atoms with Gasteiger partial charge in [-0.1, -0.05) is 43.1 Å². The SMILES string of the molecule is CCCCc1nc(Cl)c(C(=O)O)n1Cc1c2ccocc-2c(Br)c1-c1ccccc1N. The molecule has 31 heavy (non-hydrogen) atoms. The van der Waals surface area contributed by atoms with E-state index in [9.17, 15) is 9.90 Å². The number of nitrogen functional groups attached to an aromatic ring is 1. The molecule has 0 unspecified atom stereocenters. The molecule has 1 aromatic heterocycles. The third kappa shape index (κ3) is 3.83. The van der Waals surface area contributed by atoms with Crippen molar-refractivity contribution in [3.05, 3.63) is 69.6 Å². The molecule has 2 heterocycles. The van der Waals surface area contributed by atoms with E-state index in [1.807, 2.05) is 30.3 Å². The molecule has 160 valence electrons. The molecule has 2 aromatic rings. The fourth-order valence-corrected chi connectivity index (χ4v) is 4.94. The van der Waals surface area contributed by atoms with Gasteiger partial charge < -0.3 is 19.8 Å². The average molecular weight is 503 g/mol. The van der Waals surface area contributed by atoms with Gasteiger partial charge in [0.05, 0.1) is 19.1 Å². The van der Waals surface area contributed by atoms with Gasteiger partial charge in [-0.2, -0.15) is 0 Å². The van der Waals surface area contributed by atoms with Crippen LogP contribution in [0.2, 0.25) is 5.15 Å². The van der Waals surface area contributed by atoms with Crippen molar-refractivity contribution >= 4 is 39.2 Å². The number of rotatable bonds is 7. The van der Waals surface area contributed by atoms with Crippen LogP contribution >= 0.6 is 27.5 Å². The maximum absolute atomic E-state index is 12.0. The Kier molecular flexibility index (Phi) is 6.07. The van der Waals surface area contributed by atoms with Crippen molar-refractivity contribution < 1.29 is 14.3 Å². The van der Waals surface area contributed by atoms with Crippen LogP contribution in [0.5, 0.6) is 0 Å². The van der Waals surface area contributed by atoms with Crippen LogP contribution < -0.4 is 5.73 Å². The number of carboxylic acids is 1. The lowest BCUT2D eigenvalue weighted by molar-refractivity contribution is 0.0685. The number of hydrogen-bond acceptors (Lipinski definition) is 4. The second kappa shape index (κ2) is 8.77. The van der Waals surface area contributed by atoms with Gasteiger partial charge in [0, 0.05) is 33.3 Å². The number of fused-ring (bicyclic) bond motifs is 1. The van der Waals surface area contributed by atoms with E-state index in [0.29, 0.717) is 17.9 Å². The van der Waals surface area contributed by atoms with Crippen LogP contribution in [0, 0.1) is 0 Å². The normalized spacial score (nSPS) is 11.3. The molecule has 3 N–H and O–H groups in total. The first kappa shape index (κ1) is 21.5. The Labute approximate surface area is 193 Å². The van der Waals surface area contributed by atoms with E-state index in [0.717, 1.165) is 45.1 Å². The van der Waals surface area contributed by atoms with Gasteiger partial charge in [-0.05, 0) is 45.6 Å². The van der Waals surface area contributed by atoms with Gasteiger partial charge >= 0.3 is 5.97 Å². The summed E-state index contributed by atoms with van der Waals surface area (Å²) in [6.45, 7) is 2.37. The van der Waals surface area contributed by atoms with Crippen LogP contribution in [0.4, 0.5) is 5.69 Å². The number of benzene rings is 1. The number of para-hydroxylation sites is 1. The summed E-state index contributed by atoms with van der Waals surface area (Å²) in [5.41, 5.74) is 11.4. The number of hydrogen-bond donors (Lipinski definition) is 2. The largest absolute Gasteiger partial charge is 0.476 e. The molecule has 1 aromatic carbocycles. The molecular weight excluding hydrogens is 482 g/mol. The second-order valence-electron chi connectivity index (χ2n) is 7.30. The highest BCUT2D eigenvalue weighted by Crippen LogP contribution is 2.47. The number of halogens is 2. The van der Waals surface area contributed by atoms with Crippen LogP contribution in [-0.4, -0.2) is 20.6 Å². The summed E-state index contributed by atoms with van der Waals surface area (Å²) in [6.07, 6.45) is 5.76. The van der Waals surface area contributed by atoms with E-state index >= 15 is 0 Å². The van der Waals surface area contributed by atoms with Gasteiger partial charge in [0.2, 0.25) is 0 Å². The first-order valence-corrected chi connectivity index (χ1v) is 11.1. The Balaban J connectivity index is 1.96. The Hall–Kier alpha value is -2.77. The van der Waals surface area contributed by atoms with Crippen molar-refractivity contribution in [3.63, 3.8) is 0 Å². The molecule has 0 bridgehead atoms. The number of unbranched alkanes of at least 4 members (excludes halogenated alkanes) is 1. The van der Waals surface area contributed by atoms with Crippen molar-refractivity contribution in [2.24, 2.45) is 0 Å². The number of aryl methyl sites for hydroxylation is 1. The molecule has 0 spiro atoms. The highest BCUT2D eigenvalue weighted by molar-refractivity contribution is 9.10. The second-order valence-corrected chi connectivity index (χ2v) is 8.45. The standard InChI is InChI=1S/C23H21BrClN3O3/c1-2-3-8-18-27-22(25)21(23(29)30)28(18)11-15-13-9-10-31-12-16(13)20(24)19(15)14-6-4-5-7-17(14)26/h4-7,9-10,12H,2-3,8,11,26H2,1H3,(H,29,30). The molecule has 0 saturated carbocycles. The maximum Gasteiger partial charge on any atom is 0.355 e. The smallest absolute Gasteiger partial charge is 0.355 e. The highest BCUT2D eigenvalue weighted by Gasteiger charge is 2.28. The summed E-state index contributed by atoms with van der Waals surface area (Å²) in [5.74, 6) is -0.451. The van der Waals surface area contributed by atoms with Gasteiger partial charge in [0.1, 0.15) is 5.82 Å². The lowest BCUT2D eigenvalue weighted by atomic mass is 10.0. The molecule has 0 saturated heterocycles. The predicted molar refractivity (Wildman–Crippen MR) is 125 cm³/mol. The Morgan fingerprint density at radius 1 is 1.26 bits per heavy atom. The fourth-order valence-electron chi connectivity index (χ4n) is 3.90. The van der Waals surface area contributed by atoms with Gasteiger partial charge in [0.15, 0.2) is 10.8 Å². The first-order valence-electron chi connectivity index (χ1n) is 9.93. The van der Waals surface area contributed by atoms with E-state index in [1.165, 1.54) is 0 Å². The number of carboxylic acid groups (broad SMARTS) is 1. The van der Waals surface area contributed by atoms with Gasteiger partial charge in [0.25, 0.3) is 0 Å². The number of imidazole rings is 1. The predicted octanol–water partition coefficient (Wildman–Crippen LogP) is 6.34. The van der Waals surface area contributed by atoms with Crippen LogP contribution in [-0.2, 0) is 13.0 Å². The molecular formula is C23H21BrClN3O3. The minimum Gasteiger partial charge on any atom is -0.476 e. The minimum atomic E-state index is -1.11. The summed E-state index contributed by atoms with van der Waals surface area (Å²) >= 11 is 9.96. The van der Waals surface area contributed by atoms with Crippen LogP contribution in [0.25, 0.3) is 22.3 Å². The van der Waals surface area contributed by atoms with Crippen molar-refractivity contribution in [2.75, 3.05) is 5.73 Å². The zero-order chi connectivity index (χ0) is 22.1. The Morgan fingerprint density at radius 3 is 2.74 bits per heavy atom. The minimum absolute atomic E-state index is 0.00399. The van der Waals surface area contributed by atoms with Crippen molar-refractivity contribution in [1.29, 1.82) is 0 Å². The van der Waals surface area contributed by atoms with Gasteiger partial charge in [-0.25, -0.2) is 9.78 Å². The summed E-state index contributed by atoms with van der Waals surface area (Å²) in [7, 11) is 0. The third-order valence-electron chi connectivity index (χ3n) is 5.38. The van der Waals surface area contributed by atoms with Gasteiger partial charge in [-0.15, -0.1) is 0 Å². The number of carbonyl (C=O) groups is 1. The zero-order valence-corrected chi connectivity index (χ0v) is 19.2. The maximum atomic E-state index is 12.0. The molecule has 0 fully saturated rings. The third-order valence-corrected chi connectivity index (χ3v) is 6.47. The molecule has 0 radical (unpaired) electrons. The lowest BCUT2D eigenvalue weighted by Crippen LogP contribution is -2.13. The molecule has 4 rings (SSSR count). The monoisotopic (exact) mass is 501 g/mol. The summed E-state index contributed by atoms with van der Waals surface area (Å²) in [6, 6.07) is 9.48. The highest BCUT2D eigenvalue weighted by atomic mass is 79.9. The van der Waals surface area contributed by atoms with E-state index in [-0.39, 0.29) is 17.4 Å². The molecule has 8 heteroatoms. The molecule has 6 nitrogen and oxygen atoms in total. The van der Waals surface area contributed by atoms with Crippen LogP contribution in [0.15, 0.2) is 51.7 Å². The Morgan fingerprint density at radius 2 is 2.03 bits per heavy atom. The fraction of sp³-hybridized carbons (Fsp3) is 0.217. The van der Waals surface area contributed by atoms with Crippen LogP contribution in [0.1, 0.15) is 41.6 Å². The molecule has 2 aliphatic rings. The first-order chi connectivity index (χ1) is 14.9. The molecule has 1 aliphatic carbocycles. The average Bonchev–Trinajstić information content (AvgIpc) is 3.21. The van der Waals surface area contributed by atoms with E-state index in [4.69, 9.17) is 21.8 Å².